The molecule has 10 nitrogen and oxygen atoms in total. The number of likely N-dealkylation sites (tertiary alicyclic amines) is 1. The first-order chi connectivity index (χ1) is 18.7. The fourth-order valence-electron chi connectivity index (χ4n) is 5.81. The summed E-state index contributed by atoms with van der Waals surface area (Å²) in [5.41, 5.74) is -1.20. The Morgan fingerprint density at radius 2 is 1.62 bits per heavy atom. The predicted molar refractivity (Wildman–Crippen MR) is 143 cm³/mol. The highest BCUT2D eigenvalue weighted by atomic mass is 32.2. The highest BCUT2D eigenvalue weighted by molar-refractivity contribution is 7.89. The Morgan fingerprint density at radius 3 is 2.26 bits per heavy atom. The maximum atomic E-state index is 13.9. The van der Waals surface area contributed by atoms with Crippen LogP contribution in [0.25, 0.3) is 5.76 Å². The molecule has 2 aromatic rings. The van der Waals surface area contributed by atoms with Crippen LogP contribution >= 0.6 is 0 Å². The van der Waals surface area contributed by atoms with E-state index in [9.17, 15) is 27.9 Å². The van der Waals surface area contributed by atoms with Crippen molar-refractivity contribution in [3.8, 4) is 0 Å². The molecule has 0 radical (unpaired) electrons. The van der Waals surface area contributed by atoms with E-state index in [0.717, 1.165) is 30.6 Å². The van der Waals surface area contributed by atoms with Gasteiger partial charge in [0.2, 0.25) is 10.0 Å². The van der Waals surface area contributed by atoms with E-state index < -0.39 is 38.9 Å². The van der Waals surface area contributed by atoms with Gasteiger partial charge in [-0.05, 0) is 43.2 Å². The number of sulfonamides is 1. The number of likely N-dealkylation sites (N-methyl/N-ethyl adjacent to an activating group) is 1. The summed E-state index contributed by atoms with van der Waals surface area (Å²) < 4.78 is 33.1. The Hall–Kier alpha value is -3.54. The van der Waals surface area contributed by atoms with Crippen molar-refractivity contribution in [2.45, 2.75) is 36.1 Å². The van der Waals surface area contributed by atoms with Crippen LogP contribution in [0.2, 0.25) is 0 Å². The number of carbonyl (C=O) groups is 3. The molecule has 3 heterocycles. The maximum absolute atomic E-state index is 13.9. The molecule has 0 aliphatic carbocycles. The van der Waals surface area contributed by atoms with Crippen LogP contribution in [-0.2, 0) is 34.7 Å². The van der Waals surface area contributed by atoms with Crippen LogP contribution in [0.15, 0.2) is 59.0 Å². The van der Waals surface area contributed by atoms with Crippen molar-refractivity contribution in [3.05, 3.63) is 65.2 Å². The van der Waals surface area contributed by atoms with Gasteiger partial charge in [-0.15, -0.1) is 0 Å². The molecule has 2 saturated heterocycles. The van der Waals surface area contributed by atoms with E-state index >= 15 is 0 Å². The van der Waals surface area contributed by atoms with Gasteiger partial charge in [0.05, 0.1) is 17.1 Å². The number of benzene rings is 2. The highest BCUT2D eigenvalue weighted by Gasteiger charge is 2.66. The number of fused-ring (bicyclic) bond motifs is 2. The lowest BCUT2D eigenvalue weighted by Gasteiger charge is -2.34. The predicted octanol–water partition coefficient (Wildman–Crippen LogP) is 2.45. The number of hydrogen-bond donors (Lipinski definition) is 1. The molecule has 1 atom stereocenters. The number of amides is 2. The third kappa shape index (κ3) is 4.07. The van der Waals surface area contributed by atoms with Crippen molar-refractivity contribution in [3.63, 3.8) is 0 Å². The van der Waals surface area contributed by atoms with Gasteiger partial charge in [0.25, 0.3) is 17.6 Å². The molecule has 0 saturated carbocycles. The van der Waals surface area contributed by atoms with Crippen LogP contribution in [-0.4, -0.2) is 80.7 Å². The number of anilines is 1. The normalized spacial score (nSPS) is 23.5. The van der Waals surface area contributed by atoms with Gasteiger partial charge in [-0.2, -0.15) is 4.31 Å². The first kappa shape index (κ1) is 27.0. The van der Waals surface area contributed by atoms with Crippen LogP contribution in [0, 0.1) is 0 Å². The summed E-state index contributed by atoms with van der Waals surface area (Å²) in [5.74, 6) is -3.03. The van der Waals surface area contributed by atoms with E-state index in [1.54, 1.807) is 31.3 Å². The van der Waals surface area contributed by atoms with Gasteiger partial charge in [-0.25, -0.2) is 8.42 Å². The van der Waals surface area contributed by atoms with Gasteiger partial charge in [0.1, 0.15) is 5.76 Å². The van der Waals surface area contributed by atoms with Crippen molar-refractivity contribution >= 4 is 39.1 Å². The lowest BCUT2D eigenvalue weighted by Crippen LogP contribution is -2.52. The van der Waals surface area contributed by atoms with Crippen LogP contribution in [0.5, 0.6) is 0 Å². The lowest BCUT2D eigenvalue weighted by molar-refractivity contribution is -0.144. The van der Waals surface area contributed by atoms with E-state index in [2.05, 4.69) is 0 Å². The molecule has 1 unspecified atom stereocenters. The third-order valence-corrected chi connectivity index (χ3v) is 9.70. The molecule has 5 rings (SSSR count). The molecule has 0 aromatic heterocycles. The average Bonchev–Trinajstić information content (AvgIpc) is 3.16. The monoisotopic (exact) mass is 553 g/mol. The second kappa shape index (κ2) is 10.2. The Labute approximate surface area is 227 Å². The summed E-state index contributed by atoms with van der Waals surface area (Å²) >= 11 is 0. The van der Waals surface area contributed by atoms with Gasteiger partial charge in [0.15, 0.2) is 5.54 Å². The zero-order chi connectivity index (χ0) is 27.9. The molecule has 2 aromatic carbocycles. The minimum absolute atomic E-state index is 0.0568. The Balaban J connectivity index is 1.63. The second-order valence-corrected chi connectivity index (χ2v) is 11.9. The summed E-state index contributed by atoms with van der Waals surface area (Å²) in [5, 5.41) is 11.5. The molecule has 1 spiro atoms. The molecule has 3 aliphatic rings. The van der Waals surface area contributed by atoms with E-state index in [1.165, 1.54) is 40.6 Å². The SMILES string of the molecule is COCCN1C(=O)C(=O)/C(=C(\O)c2ccc(S(=O)(=O)N3CCCCCC3)cc2)C12C(=O)N(C)c1ccccc12. The van der Waals surface area contributed by atoms with Crippen molar-refractivity contribution in [1.82, 2.24) is 9.21 Å². The fourth-order valence-corrected chi connectivity index (χ4v) is 7.33. The van der Waals surface area contributed by atoms with E-state index in [4.69, 9.17) is 4.74 Å². The number of aliphatic hydroxyl groups is 1. The van der Waals surface area contributed by atoms with Gasteiger partial charge in [-0.3, -0.25) is 14.4 Å². The minimum atomic E-state index is -3.73. The Kier molecular flexibility index (Phi) is 7.08. The quantitative estimate of drug-likeness (QED) is 0.331. The van der Waals surface area contributed by atoms with E-state index in [-0.39, 0.29) is 29.2 Å². The molecular weight excluding hydrogens is 522 g/mol. The number of ketones is 1. The highest BCUT2D eigenvalue weighted by Crippen LogP contribution is 2.53. The summed E-state index contributed by atoms with van der Waals surface area (Å²) in [7, 11) is -0.736. The molecule has 39 heavy (non-hydrogen) atoms. The number of rotatable bonds is 6. The number of para-hydroxylation sites is 1. The zero-order valence-electron chi connectivity index (χ0n) is 21.9. The smallest absolute Gasteiger partial charge is 0.296 e. The Morgan fingerprint density at radius 1 is 0.974 bits per heavy atom. The van der Waals surface area contributed by atoms with Crippen LogP contribution < -0.4 is 4.90 Å². The Bertz CT molecular complexity index is 1460. The molecule has 2 amide bonds. The first-order valence-corrected chi connectivity index (χ1v) is 14.4. The standard InChI is InChI=1S/C28H31N3O7S/c1-29-22-10-6-5-9-21(22)28(27(29)35)23(25(33)26(34)31(28)17-18-38-2)24(32)19-11-13-20(14-12-19)39(36,37)30-15-7-3-4-8-16-30/h5-6,9-14,32H,3-4,7-8,15-18H2,1-2H3/b24-23+. The molecule has 0 bridgehead atoms. The molecule has 206 valence electrons. The summed E-state index contributed by atoms with van der Waals surface area (Å²) in [6, 6.07) is 12.3. The average molecular weight is 554 g/mol. The van der Waals surface area contributed by atoms with Crippen LogP contribution in [0.4, 0.5) is 5.69 Å². The number of hydrogen-bond acceptors (Lipinski definition) is 7. The first-order valence-electron chi connectivity index (χ1n) is 12.9. The van der Waals surface area contributed by atoms with Gasteiger partial charge in [0, 0.05) is 50.6 Å². The van der Waals surface area contributed by atoms with Crippen molar-refractivity contribution < 1.29 is 32.6 Å². The molecule has 1 N–H and O–H groups in total. The number of nitrogens with zero attached hydrogens (tertiary/aromatic N) is 3. The maximum Gasteiger partial charge on any atom is 0.296 e. The fraction of sp³-hybridized carbons (Fsp3) is 0.393. The summed E-state index contributed by atoms with van der Waals surface area (Å²) in [6.07, 6.45) is 3.57. The van der Waals surface area contributed by atoms with E-state index in [0.29, 0.717) is 24.3 Å². The topological polar surface area (TPSA) is 125 Å². The largest absolute Gasteiger partial charge is 0.507 e. The van der Waals surface area contributed by atoms with Gasteiger partial charge >= 0.3 is 0 Å². The number of Topliss-reactive ketones (excluding diaryl/α,β-unsaturated/α-hetero) is 1. The minimum Gasteiger partial charge on any atom is -0.507 e. The second-order valence-electron chi connectivity index (χ2n) is 9.94. The summed E-state index contributed by atoms with van der Waals surface area (Å²) in [6.45, 7) is 0.908. The number of carbonyl (C=O) groups excluding carboxylic acids is 3. The molecule has 3 aliphatic heterocycles. The van der Waals surface area contributed by atoms with Crippen LogP contribution in [0.3, 0.4) is 0 Å². The van der Waals surface area contributed by atoms with E-state index in [1.807, 2.05) is 0 Å². The van der Waals surface area contributed by atoms with Crippen molar-refractivity contribution in [2.24, 2.45) is 0 Å². The zero-order valence-corrected chi connectivity index (χ0v) is 22.7. The van der Waals surface area contributed by atoms with Crippen molar-refractivity contribution in [1.29, 1.82) is 0 Å². The molecule has 2 fully saturated rings. The van der Waals surface area contributed by atoms with Crippen molar-refractivity contribution in [2.75, 3.05) is 45.3 Å². The molecule has 11 heteroatoms. The summed E-state index contributed by atoms with van der Waals surface area (Å²) in [4.78, 5) is 43.2. The van der Waals surface area contributed by atoms with Gasteiger partial charge < -0.3 is 19.6 Å². The number of ether oxygens (including phenoxy) is 1. The van der Waals surface area contributed by atoms with Gasteiger partial charge in [-0.1, -0.05) is 31.0 Å². The lowest BCUT2D eigenvalue weighted by atomic mass is 9.82. The number of methoxy groups -OCH3 is 1. The van der Waals surface area contributed by atoms with Crippen LogP contribution in [0.1, 0.15) is 36.8 Å². The number of aliphatic hydroxyl groups excluding tert-OH is 1. The third-order valence-electron chi connectivity index (χ3n) is 7.79. The molecular formula is C28H31N3O7S.